The van der Waals surface area contributed by atoms with Gasteiger partial charge in [-0.15, -0.1) is 6.58 Å². The van der Waals surface area contributed by atoms with E-state index in [1.807, 2.05) is 32.0 Å². The van der Waals surface area contributed by atoms with E-state index in [1.165, 1.54) is 68.1 Å². The summed E-state index contributed by atoms with van der Waals surface area (Å²) in [5.41, 5.74) is 6.13. The van der Waals surface area contributed by atoms with Crippen LogP contribution in [0.25, 0.3) is 11.1 Å². The number of hydrogen-bond donors (Lipinski definition) is 1. The van der Waals surface area contributed by atoms with Crippen LogP contribution in [-0.4, -0.2) is 31.9 Å². The van der Waals surface area contributed by atoms with Gasteiger partial charge in [-0.1, -0.05) is 107 Å². The van der Waals surface area contributed by atoms with Gasteiger partial charge in [0.1, 0.15) is 12.0 Å². The van der Waals surface area contributed by atoms with Gasteiger partial charge in [0, 0.05) is 30.4 Å². The Labute approximate surface area is 290 Å². The minimum absolute atomic E-state index is 0.296. The molecule has 1 saturated carbocycles. The molecule has 0 heterocycles. The predicted octanol–water partition coefficient (Wildman–Crippen LogP) is 11.2. The third-order valence-corrected chi connectivity index (χ3v) is 8.38. The van der Waals surface area contributed by atoms with E-state index in [1.54, 1.807) is 25.3 Å². The van der Waals surface area contributed by atoms with E-state index in [0.717, 1.165) is 24.2 Å². The van der Waals surface area contributed by atoms with Crippen molar-refractivity contribution >= 4 is 6.29 Å². The number of ether oxygens (including phenoxy) is 2. The molecule has 5 heteroatoms. The summed E-state index contributed by atoms with van der Waals surface area (Å²) < 4.78 is 10.4. The molecule has 4 rings (SSSR count). The van der Waals surface area contributed by atoms with E-state index < -0.39 is 0 Å². The Bertz CT molecular complexity index is 1400. The average molecular weight is 653 g/mol. The molecule has 3 aromatic carbocycles. The third-order valence-electron chi connectivity index (χ3n) is 8.38. The summed E-state index contributed by atoms with van der Waals surface area (Å²) >= 11 is 0. The van der Waals surface area contributed by atoms with Gasteiger partial charge in [0.15, 0.2) is 5.75 Å². The summed E-state index contributed by atoms with van der Waals surface area (Å²) in [4.78, 5) is 14.3. The zero-order chi connectivity index (χ0) is 35.0. The molecule has 0 saturated heterocycles. The van der Waals surface area contributed by atoms with Gasteiger partial charge in [-0.25, -0.2) is 5.26 Å². The molecule has 0 spiro atoms. The van der Waals surface area contributed by atoms with Crippen molar-refractivity contribution < 1.29 is 24.4 Å². The Balaban J connectivity index is 0.000000702. The first kappa shape index (κ1) is 40.1. The molecule has 1 aliphatic carbocycles. The normalized spacial score (nSPS) is 14.9. The van der Waals surface area contributed by atoms with Crippen molar-refractivity contribution in [2.24, 2.45) is 5.92 Å². The summed E-state index contributed by atoms with van der Waals surface area (Å²) in [6.45, 7) is 14.5. The maximum Gasteiger partial charge on any atom is 0.170 e. The molecule has 48 heavy (non-hydrogen) atoms. The number of methoxy groups -OCH3 is 1. The van der Waals surface area contributed by atoms with Gasteiger partial charge >= 0.3 is 0 Å². The zero-order valence-electron chi connectivity index (χ0n) is 29.6. The van der Waals surface area contributed by atoms with Gasteiger partial charge < -0.3 is 14.4 Å². The molecule has 5 nitrogen and oxygen atoms in total. The van der Waals surface area contributed by atoms with Gasteiger partial charge in [-0.3, -0.25) is 4.79 Å². The van der Waals surface area contributed by atoms with Crippen LogP contribution in [0.15, 0.2) is 91.5 Å². The summed E-state index contributed by atoms with van der Waals surface area (Å²) in [5.74, 6) is 8.90. The highest BCUT2D eigenvalue weighted by atomic mass is 17.1. The molecule has 3 aromatic rings. The van der Waals surface area contributed by atoms with Crippen molar-refractivity contribution in [1.29, 1.82) is 0 Å². The standard InChI is InChI=1S/C35H40O3.C6H10O2.C2H6/c1-3-5-7-8-27-11-15-30(16-12-27)32-19-21-33(22-20-32)31-17-13-28(14-18-31)9-10-29-24-34(37-23-6-4-2)26-35(25-29)38-36;1-6(5-7)3-4-8-2;1-2/h4,13-14,17-22,24-27,30,36H,2-3,5-8,11-12,15-16,23H2,1H3;5H,1,3-4H2,2H3;1-2H3. The molecule has 0 aliphatic heterocycles. The van der Waals surface area contributed by atoms with E-state index in [2.05, 4.69) is 73.2 Å². The van der Waals surface area contributed by atoms with Crippen molar-refractivity contribution in [2.75, 3.05) is 20.3 Å². The predicted molar refractivity (Wildman–Crippen MR) is 200 cm³/mol. The summed E-state index contributed by atoms with van der Waals surface area (Å²) in [7, 11) is 1.60. The van der Waals surface area contributed by atoms with E-state index in [-0.39, 0.29) is 0 Å². The number of carbonyl (C=O) groups is 1. The molecule has 1 aliphatic rings. The quantitative estimate of drug-likeness (QED) is 0.0337. The molecule has 0 unspecified atom stereocenters. The van der Waals surface area contributed by atoms with E-state index in [9.17, 15) is 4.79 Å². The van der Waals surface area contributed by atoms with Crippen molar-refractivity contribution in [3.63, 3.8) is 0 Å². The van der Waals surface area contributed by atoms with Crippen LogP contribution < -0.4 is 9.62 Å². The fraction of sp³-hybridized carbons (Fsp3) is 0.419. The number of carbonyl (C=O) groups excluding carboxylic acids is 1. The Morgan fingerprint density at radius 3 is 2.08 bits per heavy atom. The lowest BCUT2D eigenvalue weighted by Crippen LogP contribution is -2.13. The van der Waals surface area contributed by atoms with Crippen molar-refractivity contribution in [2.45, 2.75) is 90.9 Å². The number of rotatable bonds is 15. The molecule has 258 valence electrons. The molecule has 1 fully saturated rings. The van der Waals surface area contributed by atoms with Crippen molar-refractivity contribution in [3.05, 3.63) is 108 Å². The molecule has 0 aromatic heterocycles. The summed E-state index contributed by atoms with van der Waals surface area (Å²) in [6.07, 6.45) is 14.9. The van der Waals surface area contributed by atoms with Crippen LogP contribution in [-0.2, 0) is 9.53 Å². The van der Waals surface area contributed by atoms with Crippen LogP contribution in [0.3, 0.4) is 0 Å². The fourth-order valence-corrected chi connectivity index (χ4v) is 5.64. The lowest BCUT2D eigenvalue weighted by molar-refractivity contribution is -0.137. The van der Waals surface area contributed by atoms with Gasteiger partial charge in [0.25, 0.3) is 0 Å². The average Bonchev–Trinajstić information content (AvgIpc) is 3.15. The second-order valence-electron chi connectivity index (χ2n) is 11.9. The fourth-order valence-electron chi connectivity index (χ4n) is 5.64. The Hall–Kier alpha value is -4.11. The van der Waals surface area contributed by atoms with Crippen LogP contribution in [0.1, 0.15) is 108 Å². The highest BCUT2D eigenvalue weighted by Crippen LogP contribution is 2.38. The van der Waals surface area contributed by atoms with Gasteiger partial charge in [0.05, 0.1) is 13.2 Å². The number of aldehydes is 1. The second kappa shape index (κ2) is 24.1. The maximum absolute atomic E-state index is 9.86. The largest absolute Gasteiger partial charge is 0.493 e. The molecular weight excluding hydrogens is 596 g/mol. The Kier molecular flexibility index (Phi) is 20.1. The lowest BCUT2D eigenvalue weighted by Gasteiger charge is -2.29. The van der Waals surface area contributed by atoms with Crippen LogP contribution in [0, 0.1) is 17.8 Å². The van der Waals surface area contributed by atoms with Gasteiger partial charge in [0.2, 0.25) is 0 Å². The minimum Gasteiger partial charge on any atom is -0.493 e. The molecule has 0 radical (unpaired) electrons. The summed E-state index contributed by atoms with van der Waals surface area (Å²) in [6, 6.07) is 22.7. The lowest BCUT2D eigenvalue weighted by atomic mass is 9.77. The van der Waals surface area contributed by atoms with Crippen LogP contribution in [0.2, 0.25) is 0 Å². The molecule has 1 N–H and O–H groups in total. The van der Waals surface area contributed by atoms with Crippen LogP contribution in [0.4, 0.5) is 0 Å². The van der Waals surface area contributed by atoms with E-state index in [4.69, 9.17) is 14.7 Å². The number of benzene rings is 3. The highest BCUT2D eigenvalue weighted by molar-refractivity contribution is 5.71. The van der Waals surface area contributed by atoms with Crippen molar-refractivity contribution in [3.8, 4) is 34.5 Å². The minimum atomic E-state index is 0.296. The summed E-state index contributed by atoms with van der Waals surface area (Å²) in [5, 5.41) is 9.10. The molecule has 0 amide bonds. The van der Waals surface area contributed by atoms with Crippen LogP contribution in [0.5, 0.6) is 11.5 Å². The Morgan fingerprint density at radius 2 is 1.50 bits per heavy atom. The van der Waals surface area contributed by atoms with Crippen LogP contribution >= 0.6 is 0 Å². The highest BCUT2D eigenvalue weighted by Gasteiger charge is 2.22. The number of hydrogen-bond acceptors (Lipinski definition) is 5. The van der Waals surface area contributed by atoms with E-state index >= 15 is 0 Å². The van der Waals surface area contributed by atoms with Crippen molar-refractivity contribution in [1.82, 2.24) is 0 Å². The van der Waals surface area contributed by atoms with E-state index in [0.29, 0.717) is 48.2 Å². The first-order valence-corrected chi connectivity index (χ1v) is 17.5. The third kappa shape index (κ3) is 14.8. The second-order valence-corrected chi connectivity index (χ2v) is 11.9. The van der Waals surface area contributed by atoms with Gasteiger partial charge in [-0.05, 0) is 90.8 Å². The number of unbranched alkanes of at least 4 members (excludes halogenated alkanes) is 2. The molecular formula is C43H56O5. The van der Waals surface area contributed by atoms with Gasteiger partial charge in [-0.2, -0.15) is 0 Å². The molecule has 0 bridgehead atoms. The Morgan fingerprint density at radius 1 is 0.875 bits per heavy atom. The zero-order valence-corrected chi connectivity index (χ0v) is 29.6. The first-order chi connectivity index (χ1) is 23.5. The molecule has 0 atom stereocenters. The smallest absolute Gasteiger partial charge is 0.170 e. The first-order valence-electron chi connectivity index (χ1n) is 17.5. The monoisotopic (exact) mass is 652 g/mol. The topological polar surface area (TPSA) is 65.0 Å². The maximum atomic E-state index is 9.86. The SMILES string of the molecule is C=C(C=O)CCOC.C=CCCOc1cc(C#Cc2ccc(-c3ccc(C4CCC(CCCCC)CC4)cc3)cc2)cc(OO)c1.CC.